The maximum absolute atomic E-state index is 13.4. The van der Waals surface area contributed by atoms with Crippen molar-refractivity contribution in [1.29, 1.82) is 0 Å². The third-order valence-corrected chi connectivity index (χ3v) is 5.39. The Kier molecular flexibility index (Phi) is 6.82. The molecule has 0 radical (unpaired) electrons. The SMILES string of the molecule is CCOc1cc(C(=O)N2CCc3c(noc3-c3ccc(F)cc3)C2)cc(OCC)c1OCC. The van der Waals surface area contributed by atoms with Gasteiger partial charge in [-0.15, -0.1) is 0 Å². The standard InChI is InChI=1S/C25H27FN2O5/c1-4-30-21-13-17(14-22(31-5-2)24(21)32-6-3)25(29)28-12-11-19-20(15-28)27-33-23(19)16-7-9-18(26)10-8-16/h7-10,13-14H,4-6,11-12,15H2,1-3H3. The summed E-state index contributed by atoms with van der Waals surface area (Å²) in [5.41, 5.74) is 2.87. The Morgan fingerprint density at radius 2 is 1.67 bits per heavy atom. The first kappa shape index (κ1) is 22.6. The van der Waals surface area contributed by atoms with Crippen LogP contribution in [0.5, 0.6) is 17.2 Å². The fourth-order valence-corrected chi connectivity index (χ4v) is 3.93. The lowest BCUT2D eigenvalue weighted by atomic mass is 10.00. The third-order valence-electron chi connectivity index (χ3n) is 5.39. The molecule has 4 rings (SSSR count). The summed E-state index contributed by atoms with van der Waals surface area (Å²) in [6.45, 7) is 7.77. The summed E-state index contributed by atoms with van der Waals surface area (Å²) in [6, 6.07) is 9.50. The van der Waals surface area contributed by atoms with Gasteiger partial charge in [0.1, 0.15) is 11.5 Å². The maximum Gasteiger partial charge on any atom is 0.254 e. The molecule has 0 spiro atoms. The molecule has 0 saturated carbocycles. The van der Waals surface area contributed by atoms with Crippen molar-refractivity contribution in [2.24, 2.45) is 0 Å². The predicted molar refractivity (Wildman–Crippen MR) is 120 cm³/mol. The lowest BCUT2D eigenvalue weighted by Crippen LogP contribution is -2.36. The van der Waals surface area contributed by atoms with Gasteiger partial charge in [0.2, 0.25) is 5.75 Å². The second kappa shape index (κ2) is 9.94. The number of hydrogen-bond donors (Lipinski definition) is 0. The molecular weight excluding hydrogens is 427 g/mol. The van der Waals surface area contributed by atoms with Crippen LogP contribution >= 0.6 is 0 Å². The van der Waals surface area contributed by atoms with Gasteiger partial charge in [-0.2, -0.15) is 0 Å². The molecule has 1 aromatic heterocycles. The lowest BCUT2D eigenvalue weighted by molar-refractivity contribution is 0.0730. The molecule has 0 N–H and O–H groups in total. The topological polar surface area (TPSA) is 74.0 Å². The van der Waals surface area contributed by atoms with Crippen LogP contribution in [0.2, 0.25) is 0 Å². The molecule has 0 fully saturated rings. The molecule has 0 saturated heterocycles. The lowest BCUT2D eigenvalue weighted by Gasteiger charge is -2.27. The van der Waals surface area contributed by atoms with Crippen molar-refractivity contribution in [3.63, 3.8) is 0 Å². The molecule has 0 aliphatic carbocycles. The van der Waals surface area contributed by atoms with Crippen LogP contribution in [0.25, 0.3) is 11.3 Å². The molecule has 8 heteroatoms. The number of nitrogens with zero attached hydrogens (tertiary/aromatic N) is 2. The van der Waals surface area contributed by atoms with Crippen LogP contribution in [0.15, 0.2) is 40.9 Å². The summed E-state index contributed by atoms with van der Waals surface area (Å²) in [5.74, 6) is 1.61. The second-order valence-corrected chi connectivity index (χ2v) is 7.52. The van der Waals surface area contributed by atoms with E-state index >= 15 is 0 Å². The first-order chi connectivity index (χ1) is 16.0. The van der Waals surface area contributed by atoms with E-state index in [1.54, 1.807) is 29.2 Å². The average Bonchev–Trinajstić information content (AvgIpc) is 3.24. The van der Waals surface area contributed by atoms with Gasteiger partial charge in [0.25, 0.3) is 5.91 Å². The number of ether oxygens (including phenoxy) is 3. The second-order valence-electron chi connectivity index (χ2n) is 7.52. The van der Waals surface area contributed by atoms with Gasteiger partial charge in [0, 0.05) is 23.2 Å². The van der Waals surface area contributed by atoms with E-state index in [0.29, 0.717) is 73.6 Å². The highest BCUT2D eigenvalue weighted by atomic mass is 19.1. The number of benzene rings is 2. The Balaban J connectivity index is 1.60. The van der Waals surface area contributed by atoms with Gasteiger partial charge in [0.05, 0.1) is 26.4 Å². The third kappa shape index (κ3) is 4.65. The van der Waals surface area contributed by atoms with E-state index in [4.69, 9.17) is 18.7 Å². The van der Waals surface area contributed by atoms with Crippen molar-refractivity contribution < 1.29 is 27.9 Å². The number of carbonyl (C=O) groups excluding carboxylic acids is 1. The van der Waals surface area contributed by atoms with Gasteiger partial charge >= 0.3 is 0 Å². The molecule has 0 bridgehead atoms. The van der Waals surface area contributed by atoms with Crippen LogP contribution in [0.1, 0.15) is 42.4 Å². The Morgan fingerprint density at radius 3 is 2.27 bits per heavy atom. The number of amides is 1. The highest BCUT2D eigenvalue weighted by Gasteiger charge is 2.29. The fraction of sp³-hybridized carbons (Fsp3) is 0.360. The van der Waals surface area contributed by atoms with E-state index in [-0.39, 0.29) is 11.7 Å². The van der Waals surface area contributed by atoms with Gasteiger partial charge in [-0.05, 0) is 63.6 Å². The zero-order valence-electron chi connectivity index (χ0n) is 19.0. The molecule has 1 amide bonds. The average molecular weight is 454 g/mol. The van der Waals surface area contributed by atoms with Crippen LogP contribution < -0.4 is 14.2 Å². The van der Waals surface area contributed by atoms with E-state index in [0.717, 1.165) is 11.1 Å². The summed E-state index contributed by atoms with van der Waals surface area (Å²) < 4.78 is 36.0. The molecule has 0 unspecified atom stereocenters. The Morgan fingerprint density at radius 1 is 1.03 bits per heavy atom. The van der Waals surface area contributed by atoms with Crippen LogP contribution in [0, 0.1) is 5.82 Å². The number of hydrogen-bond acceptors (Lipinski definition) is 6. The highest BCUT2D eigenvalue weighted by molar-refractivity contribution is 5.96. The molecular formula is C25H27FN2O5. The van der Waals surface area contributed by atoms with Crippen molar-refractivity contribution >= 4 is 5.91 Å². The molecule has 1 aliphatic heterocycles. The fourth-order valence-electron chi connectivity index (χ4n) is 3.93. The Labute approximate surface area is 192 Å². The molecule has 0 atom stereocenters. The largest absolute Gasteiger partial charge is 0.490 e. The zero-order chi connectivity index (χ0) is 23.4. The Hall–Kier alpha value is -3.55. The molecule has 1 aliphatic rings. The maximum atomic E-state index is 13.4. The van der Waals surface area contributed by atoms with Crippen molar-refractivity contribution in [1.82, 2.24) is 10.1 Å². The van der Waals surface area contributed by atoms with Crippen molar-refractivity contribution in [3.8, 4) is 28.6 Å². The van der Waals surface area contributed by atoms with Gasteiger partial charge in [-0.25, -0.2) is 4.39 Å². The van der Waals surface area contributed by atoms with Crippen LogP contribution in [-0.4, -0.2) is 42.3 Å². The number of rotatable bonds is 8. The minimum atomic E-state index is -0.308. The zero-order valence-corrected chi connectivity index (χ0v) is 19.0. The van der Waals surface area contributed by atoms with E-state index in [9.17, 15) is 9.18 Å². The van der Waals surface area contributed by atoms with Crippen molar-refractivity contribution in [2.75, 3.05) is 26.4 Å². The summed E-state index contributed by atoms with van der Waals surface area (Å²) in [6.07, 6.45) is 0.588. The van der Waals surface area contributed by atoms with E-state index in [1.165, 1.54) is 12.1 Å². The minimum Gasteiger partial charge on any atom is -0.490 e. The Bertz CT molecular complexity index is 1100. The van der Waals surface area contributed by atoms with E-state index < -0.39 is 0 Å². The minimum absolute atomic E-state index is 0.156. The van der Waals surface area contributed by atoms with Crippen LogP contribution in [0.3, 0.4) is 0 Å². The molecule has 7 nitrogen and oxygen atoms in total. The molecule has 33 heavy (non-hydrogen) atoms. The first-order valence-electron chi connectivity index (χ1n) is 11.1. The van der Waals surface area contributed by atoms with E-state index in [2.05, 4.69) is 5.16 Å². The number of halogens is 1. The molecule has 174 valence electrons. The smallest absolute Gasteiger partial charge is 0.254 e. The molecule has 3 aromatic rings. The highest BCUT2D eigenvalue weighted by Crippen LogP contribution is 2.40. The van der Waals surface area contributed by atoms with Crippen LogP contribution in [-0.2, 0) is 13.0 Å². The summed E-state index contributed by atoms with van der Waals surface area (Å²) in [4.78, 5) is 15.1. The predicted octanol–water partition coefficient (Wildman–Crippen LogP) is 4.88. The van der Waals surface area contributed by atoms with Crippen molar-refractivity contribution in [3.05, 3.63) is 59.0 Å². The molecule has 2 heterocycles. The number of carbonyl (C=O) groups is 1. The number of fused-ring (bicyclic) bond motifs is 1. The normalized spacial score (nSPS) is 12.9. The summed E-state index contributed by atoms with van der Waals surface area (Å²) in [7, 11) is 0. The van der Waals surface area contributed by atoms with Crippen molar-refractivity contribution in [2.45, 2.75) is 33.7 Å². The van der Waals surface area contributed by atoms with Gasteiger partial charge < -0.3 is 23.6 Å². The summed E-state index contributed by atoms with van der Waals surface area (Å²) in [5, 5.41) is 4.18. The van der Waals surface area contributed by atoms with Gasteiger partial charge in [-0.1, -0.05) is 5.16 Å². The molecule has 2 aromatic carbocycles. The summed E-state index contributed by atoms with van der Waals surface area (Å²) >= 11 is 0. The quantitative estimate of drug-likeness (QED) is 0.483. The van der Waals surface area contributed by atoms with Gasteiger partial charge in [0.15, 0.2) is 17.3 Å². The van der Waals surface area contributed by atoms with Crippen LogP contribution in [0.4, 0.5) is 4.39 Å². The van der Waals surface area contributed by atoms with E-state index in [1.807, 2.05) is 20.8 Å². The number of aromatic nitrogens is 1. The first-order valence-corrected chi connectivity index (χ1v) is 11.1. The monoisotopic (exact) mass is 454 g/mol. The van der Waals surface area contributed by atoms with Gasteiger partial charge in [-0.3, -0.25) is 4.79 Å².